The van der Waals surface area contributed by atoms with E-state index in [1.807, 2.05) is 4.90 Å². The highest BCUT2D eigenvalue weighted by molar-refractivity contribution is 7.90. The Morgan fingerprint density at radius 3 is 2.66 bits per heavy atom. The van der Waals surface area contributed by atoms with Crippen molar-refractivity contribution in [3.8, 4) is 0 Å². The van der Waals surface area contributed by atoms with Crippen LogP contribution in [0.3, 0.4) is 0 Å². The first-order valence-electron chi connectivity index (χ1n) is 10.2. The van der Waals surface area contributed by atoms with Crippen LogP contribution in [0.2, 0.25) is 0 Å². The molecule has 1 atom stereocenters. The van der Waals surface area contributed by atoms with Crippen LogP contribution >= 0.6 is 0 Å². The maximum atomic E-state index is 13.0. The monoisotopic (exact) mass is 461 g/mol. The zero-order valence-corrected chi connectivity index (χ0v) is 19.0. The van der Waals surface area contributed by atoms with Gasteiger partial charge in [0.05, 0.1) is 12.0 Å². The fourth-order valence-corrected chi connectivity index (χ4v) is 4.87. The minimum absolute atomic E-state index is 0.0846. The van der Waals surface area contributed by atoms with Gasteiger partial charge in [-0.15, -0.1) is 0 Å². The second-order valence-electron chi connectivity index (χ2n) is 8.47. The van der Waals surface area contributed by atoms with E-state index in [-0.39, 0.29) is 34.9 Å². The Labute approximate surface area is 187 Å². The number of anilines is 2. The normalized spacial score (nSPS) is 17.7. The molecule has 1 fully saturated rings. The Morgan fingerprint density at radius 2 is 2.00 bits per heavy atom. The number of nitrogens with zero attached hydrogens (tertiary/aromatic N) is 3. The van der Waals surface area contributed by atoms with Gasteiger partial charge in [-0.05, 0) is 50.5 Å². The molecule has 32 heavy (non-hydrogen) atoms. The lowest BCUT2D eigenvalue weighted by molar-refractivity contribution is -0.136. The average molecular weight is 462 g/mol. The summed E-state index contributed by atoms with van der Waals surface area (Å²) >= 11 is 0. The summed E-state index contributed by atoms with van der Waals surface area (Å²) in [5.74, 6) is -0.749. The Hall–Kier alpha value is -3.21. The van der Waals surface area contributed by atoms with E-state index < -0.39 is 21.9 Å². The Morgan fingerprint density at radius 1 is 1.25 bits per heavy atom. The van der Waals surface area contributed by atoms with Crippen molar-refractivity contribution in [3.05, 3.63) is 42.1 Å². The molecule has 0 radical (unpaired) electrons. The van der Waals surface area contributed by atoms with Crippen LogP contribution in [0, 0.1) is 5.92 Å². The van der Waals surface area contributed by atoms with Gasteiger partial charge in [0.15, 0.2) is 5.03 Å². The molecule has 0 aliphatic carbocycles. The second-order valence-corrected chi connectivity index (χ2v) is 10.1. The summed E-state index contributed by atoms with van der Waals surface area (Å²) in [7, 11) is -4.26. The van der Waals surface area contributed by atoms with Crippen molar-refractivity contribution in [1.29, 1.82) is 0 Å². The largest absolute Gasteiger partial charge is 0.481 e. The first-order valence-corrected chi connectivity index (χ1v) is 11.7. The number of amides is 1. The average Bonchev–Trinajstić information content (AvgIpc) is 2.99. The van der Waals surface area contributed by atoms with Crippen molar-refractivity contribution >= 4 is 33.5 Å². The fraction of sp³-hybridized carbons (Fsp3) is 0.429. The van der Waals surface area contributed by atoms with Crippen molar-refractivity contribution in [2.45, 2.75) is 44.2 Å². The summed E-state index contributed by atoms with van der Waals surface area (Å²) in [4.78, 5) is 34.0. The molecular formula is C21H27N5O5S. The standard InChI is InChI=1S/C21H27N5O5S/c1-14-12-21(2,3)26(13-14)19-15(6-5-10-23-19)20(29)25-32(30,31)17-8-4-7-16(24-17)22-11-9-18(27)28/h4-8,10,14H,9,11-13H2,1-3H3,(H,22,24)(H,25,29)(H,27,28). The molecule has 3 rings (SSSR count). The van der Waals surface area contributed by atoms with Crippen LogP contribution in [0.5, 0.6) is 0 Å². The minimum Gasteiger partial charge on any atom is -0.481 e. The van der Waals surface area contributed by atoms with Crippen LogP contribution in [0.15, 0.2) is 41.6 Å². The third kappa shape index (κ3) is 5.34. The van der Waals surface area contributed by atoms with Crippen LogP contribution in [0.4, 0.5) is 11.6 Å². The first kappa shape index (κ1) is 23.5. The van der Waals surface area contributed by atoms with Crippen LogP contribution in [-0.2, 0) is 14.8 Å². The predicted molar refractivity (Wildman–Crippen MR) is 119 cm³/mol. The smallest absolute Gasteiger partial charge is 0.305 e. The number of carboxylic acid groups (broad SMARTS) is 1. The molecule has 2 aromatic rings. The Kier molecular flexibility index (Phi) is 6.68. The van der Waals surface area contributed by atoms with E-state index in [1.165, 1.54) is 18.2 Å². The van der Waals surface area contributed by atoms with Crippen LogP contribution in [-0.4, -0.2) is 54.0 Å². The van der Waals surface area contributed by atoms with Crippen LogP contribution in [0.25, 0.3) is 0 Å². The molecule has 1 aliphatic heterocycles. The van der Waals surface area contributed by atoms with Crippen molar-refractivity contribution < 1.29 is 23.1 Å². The minimum atomic E-state index is -4.26. The van der Waals surface area contributed by atoms with Gasteiger partial charge in [0, 0.05) is 24.8 Å². The van der Waals surface area contributed by atoms with E-state index in [1.54, 1.807) is 18.3 Å². The lowest BCUT2D eigenvalue weighted by Gasteiger charge is -2.33. The molecule has 0 spiro atoms. The van der Waals surface area contributed by atoms with Gasteiger partial charge in [-0.3, -0.25) is 9.59 Å². The SMILES string of the molecule is CC1CN(c2ncccc2C(=O)NS(=O)(=O)c2cccc(NCCC(=O)O)n2)C(C)(C)C1. The van der Waals surface area contributed by atoms with Gasteiger partial charge < -0.3 is 15.3 Å². The zero-order valence-electron chi connectivity index (χ0n) is 18.2. The number of pyridine rings is 2. The van der Waals surface area contributed by atoms with Crippen molar-refractivity contribution in [3.63, 3.8) is 0 Å². The van der Waals surface area contributed by atoms with E-state index in [9.17, 15) is 18.0 Å². The summed E-state index contributed by atoms with van der Waals surface area (Å²) in [6, 6.07) is 7.36. The number of aliphatic carboxylic acids is 1. The highest BCUT2D eigenvalue weighted by Crippen LogP contribution is 2.37. The van der Waals surface area contributed by atoms with Crippen molar-refractivity contribution in [1.82, 2.24) is 14.7 Å². The quantitative estimate of drug-likeness (QED) is 0.539. The van der Waals surface area contributed by atoms with Gasteiger partial charge in [-0.25, -0.2) is 14.7 Å². The number of hydrogen-bond donors (Lipinski definition) is 3. The number of nitrogens with one attached hydrogen (secondary N) is 2. The fourth-order valence-electron chi connectivity index (χ4n) is 3.94. The second kappa shape index (κ2) is 9.11. The topological polar surface area (TPSA) is 142 Å². The summed E-state index contributed by atoms with van der Waals surface area (Å²) in [5.41, 5.74) is -0.0619. The van der Waals surface area contributed by atoms with E-state index in [4.69, 9.17) is 5.11 Å². The summed E-state index contributed by atoms with van der Waals surface area (Å²) in [6.45, 7) is 7.05. The Bertz CT molecular complexity index is 1120. The molecule has 10 nitrogen and oxygen atoms in total. The van der Waals surface area contributed by atoms with Crippen LogP contribution in [0.1, 0.15) is 44.0 Å². The molecule has 1 aliphatic rings. The van der Waals surface area contributed by atoms with Crippen molar-refractivity contribution in [2.24, 2.45) is 5.92 Å². The first-order chi connectivity index (χ1) is 15.0. The van der Waals surface area contributed by atoms with E-state index in [0.29, 0.717) is 18.3 Å². The highest BCUT2D eigenvalue weighted by atomic mass is 32.2. The van der Waals surface area contributed by atoms with Gasteiger partial charge in [0.2, 0.25) is 0 Å². The molecule has 0 bridgehead atoms. The van der Waals surface area contributed by atoms with E-state index in [0.717, 1.165) is 6.42 Å². The third-order valence-electron chi connectivity index (χ3n) is 5.23. The number of sulfonamides is 1. The molecular weight excluding hydrogens is 434 g/mol. The van der Waals surface area contributed by atoms with E-state index in [2.05, 4.69) is 40.8 Å². The molecule has 172 valence electrons. The zero-order chi connectivity index (χ0) is 23.5. The van der Waals surface area contributed by atoms with Gasteiger partial charge >= 0.3 is 5.97 Å². The number of carboxylic acids is 1. The molecule has 2 aromatic heterocycles. The predicted octanol–water partition coefficient (Wildman–Crippen LogP) is 2.11. The number of rotatable bonds is 8. The lowest BCUT2D eigenvalue weighted by Crippen LogP contribution is -2.41. The molecule has 0 saturated carbocycles. The van der Waals surface area contributed by atoms with E-state index >= 15 is 0 Å². The van der Waals surface area contributed by atoms with Crippen LogP contribution < -0.4 is 14.9 Å². The molecule has 1 amide bonds. The van der Waals surface area contributed by atoms with Gasteiger partial charge in [0.25, 0.3) is 15.9 Å². The number of carbonyl (C=O) groups is 2. The molecule has 3 heterocycles. The maximum absolute atomic E-state index is 13.0. The van der Waals surface area contributed by atoms with Gasteiger partial charge in [-0.2, -0.15) is 8.42 Å². The number of hydrogen-bond acceptors (Lipinski definition) is 8. The highest BCUT2D eigenvalue weighted by Gasteiger charge is 2.39. The summed E-state index contributed by atoms with van der Waals surface area (Å²) in [5, 5.41) is 11.1. The van der Waals surface area contributed by atoms with Gasteiger partial charge in [-0.1, -0.05) is 13.0 Å². The lowest BCUT2D eigenvalue weighted by atomic mass is 9.97. The Balaban J connectivity index is 1.81. The molecule has 0 aromatic carbocycles. The maximum Gasteiger partial charge on any atom is 0.305 e. The molecule has 1 saturated heterocycles. The number of carbonyl (C=O) groups excluding carboxylic acids is 1. The third-order valence-corrected chi connectivity index (χ3v) is 6.46. The summed E-state index contributed by atoms with van der Waals surface area (Å²) in [6.07, 6.45) is 2.35. The molecule has 3 N–H and O–H groups in total. The summed E-state index contributed by atoms with van der Waals surface area (Å²) < 4.78 is 27.7. The number of aromatic nitrogens is 2. The molecule has 11 heteroatoms. The van der Waals surface area contributed by atoms with Gasteiger partial charge in [0.1, 0.15) is 11.6 Å². The van der Waals surface area contributed by atoms with Crippen molar-refractivity contribution in [2.75, 3.05) is 23.3 Å². The molecule has 1 unspecified atom stereocenters.